The van der Waals surface area contributed by atoms with Crippen molar-refractivity contribution in [2.45, 2.75) is 0 Å². The van der Waals surface area contributed by atoms with E-state index in [2.05, 4.69) is 14.7 Å². The summed E-state index contributed by atoms with van der Waals surface area (Å²) >= 11 is 0. The summed E-state index contributed by atoms with van der Waals surface area (Å²) in [5.74, 6) is -3.97. The molecule has 2 aromatic heterocycles. The Labute approximate surface area is 140 Å². The van der Waals surface area contributed by atoms with Crippen LogP contribution in [-0.2, 0) is 4.74 Å². The van der Waals surface area contributed by atoms with Crippen LogP contribution in [0, 0.1) is 0 Å². The molecule has 0 atom stereocenters. The maximum absolute atomic E-state index is 10.9. The van der Waals surface area contributed by atoms with Crippen molar-refractivity contribution in [3.63, 3.8) is 0 Å². The van der Waals surface area contributed by atoms with Gasteiger partial charge in [-0.3, -0.25) is 0 Å². The van der Waals surface area contributed by atoms with Crippen molar-refractivity contribution in [2.75, 3.05) is 7.11 Å². The first-order valence-electron chi connectivity index (χ1n) is 6.46. The van der Waals surface area contributed by atoms with E-state index in [9.17, 15) is 19.2 Å². The van der Waals surface area contributed by atoms with Gasteiger partial charge in [0.25, 0.3) is 0 Å². The maximum Gasteiger partial charge on any atom is 0.356 e. The molecule has 0 radical (unpaired) electrons. The van der Waals surface area contributed by atoms with Crippen molar-refractivity contribution < 1.29 is 39.2 Å². The van der Waals surface area contributed by atoms with Gasteiger partial charge < -0.3 is 20.1 Å². The summed E-state index contributed by atoms with van der Waals surface area (Å²) in [6.45, 7) is 0. The van der Waals surface area contributed by atoms with E-state index in [0.29, 0.717) is 0 Å². The molecule has 10 heteroatoms. The zero-order valence-corrected chi connectivity index (χ0v) is 12.7. The van der Waals surface area contributed by atoms with E-state index in [1.165, 1.54) is 25.3 Å². The van der Waals surface area contributed by atoms with Crippen LogP contribution in [0.2, 0.25) is 0 Å². The van der Waals surface area contributed by atoms with Gasteiger partial charge in [0.15, 0.2) is 0 Å². The van der Waals surface area contributed by atoms with E-state index < -0.39 is 23.9 Å². The zero-order valence-electron chi connectivity index (χ0n) is 12.7. The Balaban J connectivity index is 0.000000251. The Morgan fingerprint density at radius 3 is 1.48 bits per heavy atom. The molecule has 2 rings (SSSR count). The van der Waals surface area contributed by atoms with Crippen LogP contribution >= 0.6 is 0 Å². The van der Waals surface area contributed by atoms with Gasteiger partial charge in [-0.05, 0) is 24.3 Å². The summed E-state index contributed by atoms with van der Waals surface area (Å²) in [6, 6.07) is 4.93. The zero-order chi connectivity index (χ0) is 19.0. The summed E-state index contributed by atoms with van der Waals surface area (Å²) < 4.78 is 4.39. The topological polar surface area (TPSA) is 164 Å². The SMILES string of the molecule is COC(=O)c1ccc(C(=O)O)cn1.O=C(O)c1ccc(C(=O)O)nc1. The number of aromatic nitrogens is 2. The molecule has 0 saturated carbocycles. The first kappa shape index (κ1) is 19.2. The molecule has 0 saturated heterocycles. The van der Waals surface area contributed by atoms with Crippen molar-refractivity contribution in [1.29, 1.82) is 0 Å². The van der Waals surface area contributed by atoms with Crippen LogP contribution in [0.25, 0.3) is 0 Å². The van der Waals surface area contributed by atoms with Gasteiger partial charge >= 0.3 is 23.9 Å². The molecule has 25 heavy (non-hydrogen) atoms. The molecule has 0 amide bonds. The number of carboxylic acid groups (broad SMARTS) is 3. The van der Waals surface area contributed by atoms with E-state index in [1.807, 2.05) is 0 Å². The van der Waals surface area contributed by atoms with Crippen molar-refractivity contribution in [3.8, 4) is 0 Å². The number of carboxylic acids is 3. The fraction of sp³-hybridized carbons (Fsp3) is 0.0667. The van der Waals surface area contributed by atoms with Crippen LogP contribution in [0.3, 0.4) is 0 Å². The lowest BCUT2D eigenvalue weighted by atomic mass is 10.2. The van der Waals surface area contributed by atoms with Crippen LogP contribution in [0.1, 0.15) is 41.7 Å². The third-order valence-corrected chi connectivity index (χ3v) is 2.63. The molecule has 0 spiro atoms. The second kappa shape index (κ2) is 8.72. The van der Waals surface area contributed by atoms with E-state index >= 15 is 0 Å². The minimum Gasteiger partial charge on any atom is -0.478 e. The van der Waals surface area contributed by atoms with Crippen LogP contribution in [0.15, 0.2) is 36.7 Å². The third-order valence-electron chi connectivity index (χ3n) is 2.63. The second-order valence-electron chi connectivity index (χ2n) is 4.27. The highest BCUT2D eigenvalue weighted by atomic mass is 16.5. The standard InChI is InChI=1S/C8H7NO4.C7H5NO4/c1-13-8(12)6-3-2-5(4-9-6)7(10)11;9-6(10)4-1-2-5(7(11)12)8-3-4/h2-4H,1H3,(H,10,11);1-3H,(H,9,10)(H,11,12). The predicted octanol–water partition coefficient (Wildman–Crippen LogP) is 1.04. The third kappa shape index (κ3) is 5.71. The van der Waals surface area contributed by atoms with Gasteiger partial charge in [0.2, 0.25) is 0 Å². The molecule has 0 unspecified atom stereocenters. The Bertz CT molecular complexity index is 751. The molecule has 2 aromatic rings. The summed E-state index contributed by atoms with van der Waals surface area (Å²) in [7, 11) is 1.23. The lowest BCUT2D eigenvalue weighted by Crippen LogP contribution is -2.05. The van der Waals surface area contributed by atoms with Gasteiger partial charge in [0.05, 0.1) is 18.2 Å². The van der Waals surface area contributed by atoms with Crippen LogP contribution < -0.4 is 0 Å². The number of rotatable bonds is 4. The minimum atomic E-state index is -1.17. The lowest BCUT2D eigenvalue weighted by molar-refractivity contribution is 0.0590. The number of hydrogen-bond acceptors (Lipinski definition) is 7. The van der Waals surface area contributed by atoms with Gasteiger partial charge in [-0.1, -0.05) is 0 Å². The Kier molecular flexibility index (Phi) is 6.71. The van der Waals surface area contributed by atoms with Crippen molar-refractivity contribution in [2.24, 2.45) is 0 Å². The molecule has 0 aliphatic heterocycles. The van der Waals surface area contributed by atoms with Crippen molar-refractivity contribution in [3.05, 3.63) is 59.2 Å². The highest BCUT2D eigenvalue weighted by molar-refractivity contribution is 5.90. The highest BCUT2D eigenvalue weighted by Crippen LogP contribution is 2.01. The normalized spacial score (nSPS) is 9.32. The molecule has 2 heterocycles. The number of aromatic carboxylic acids is 3. The van der Waals surface area contributed by atoms with Gasteiger partial charge in [0.1, 0.15) is 11.4 Å². The monoisotopic (exact) mass is 348 g/mol. The number of methoxy groups -OCH3 is 1. The maximum atomic E-state index is 10.9. The molecule has 0 aliphatic rings. The Hall–Kier alpha value is -3.82. The quantitative estimate of drug-likeness (QED) is 0.680. The fourth-order valence-corrected chi connectivity index (χ4v) is 1.39. The number of ether oxygens (including phenoxy) is 1. The van der Waals surface area contributed by atoms with E-state index in [-0.39, 0.29) is 22.5 Å². The Morgan fingerprint density at radius 1 is 0.760 bits per heavy atom. The highest BCUT2D eigenvalue weighted by Gasteiger charge is 2.08. The number of carbonyl (C=O) groups is 4. The van der Waals surface area contributed by atoms with E-state index in [0.717, 1.165) is 18.5 Å². The molecule has 0 aromatic carbocycles. The lowest BCUT2D eigenvalue weighted by Gasteiger charge is -1.97. The van der Waals surface area contributed by atoms with E-state index in [1.54, 1.807) is 0 Å². The number of hydrogen-bond donors (Lipinski definition) is 3. The summed E-state index contributed by atoms with van der Waals surface area (Å²) in [5.41, 5.74) is -0.0693. The molecular formula is C15H12N2O8. The average molecular weight is 348 g/mol. The number of carbonyl (C=O) groups excluding carboxylic acids is 1. The number of esters is 1. The van der Waals surface area contributed by atoms with Gasteiger partial charge in [-0.25, -0.2) is 29.1 Å². The molecule has 0 bridgehead atoms. The Morgan fingerprint density at radius 2 is 1.20 bits per heavy atom. The van der Waals surface area contributed by atoms with Gasteiger partial charge in [-0.2, -0.15) is 0 Å². The van der Waals surface area contributed by atoms with Crippen LogP contribution in [0.5, 0.6) is 0 Å². The first-order valence-corrected chi connectivity index (χ1v) is 6.46. The van der Waals surface area contributed by atoms with Gasteiger partial charge in [0, 0.05) is 12.4 Å². The first-order chi connectivity index (χ1) is 11.8. The summed E-state index contributed by atoms with van der Waals surface area (Å²) in [6.07, 6.45) is 2.11. The van der Waals surface area contributed by atoms with Crippen LogP contribution in [-0.4, -0.2) is 56.3 Å². The van der Waals surface area contributed by atoms with E-state index in [4.69, 9.17) is 15.3 Å². The number of pyridine rings is 2. The minimum absolute atomic E-state index is 0.0278. The molecule has 130 valence electrons. The van der Waals surface area contributed by atoms with Crippen LogP contribution in [0.4, 0.5) is 0 Å². The molecule has 0 aliphatic carbocycles. The smallest absolute Gasteiger partial charge is 0.356 e. The molecule has 3 N–H and O–H groups in total. The molecular weight excluding hydrogens is 336 g/mol. The van der Waals surface area contributed by atoms with Crippen molar-refractivity contribution in [1.82, 2.24) is 9.97 Å². The molecule has 0 fully saturated rings. The fourth-order valence-electron chi connectivity index (χ4n) is 1.39. The number of nitrogens with zero attached hydrogens (tertiary/aromatic N) is 2. The second-order valence-corrected chi connectivity index (χ2v) is 4.27. The summed E-state index contributed by atoms with van der Waals surface area (Å²) in [4.78, 5) is 48.9. The molecule has 10 nitrogen and oxygen atoms in total. The van der Waals surface area contributed by atoms with Crippen molar-refractivity contribution >= 4 is 23.9 Å². The average Bonchev–Trinajstić information content (AvgIpc) is 2.61. The van der Waals surface area contributed by atoms with Gasteiger partial charge in [-0.15, -0.1) is 0 Å². The largest absolute Gasteiger partial charge is 0.478 e. The predicted molar refractivity (Wildman–Crippen MR) is 80.7 cm³/mol. The summed E-state index contributed by atoms with van der Waals surface area (Å²) in [5, 5.41) is 25.3.